The minimum atomic E-state index is 0.259. The number of nitrogens with zero attached hydrogens (tertiary/aromatic N) is 1. The Kier molecular flexibility index (Phi) is 5.74. The smallest absolute Gasteiger partial charge is 0.177 e. The summed E-state index contributed by atoms with van der Waals surface area (Å²) in [5.74, 6) is 0.259. The third-order valence-corrected chi connectivity index (χ3v) is 4.13. The number of hydrogen-bond acceptors (Lipinski definition) is 3. The van der Waals surface area contributed by atoms with Crippen LogP contribution in [0, 0.1) is 6.92 Å². The lowest BCUT2D eigenvalue weighted by atomic mass is 10.0. The van der Waals surface area contributed by atoms with Crippen molar-refractivity contribution in [1.29, 1.82) is 0 Å². The van der Waals surface area contributed by atoms with Gasteiger partial charge in [-0.3, -0.25) is 9.69 Å². The van der Waals surface area contributed by atoms with Gasteiger partial charge in [-0.1, -0.05) is 31.2 Å². The highest BCUT2D eigenvalue weighted by Gasteiger charge is 2.23. The molecule has 1 aromatic carbocycles. The van der Waals surface area contributed by atoms with E-state index in [0.717, 1.165) is 50.0 Å². The second kappa shape index (κ2) is 7.55. The second-order valence-electron chi connectivity index (χ2n) is 5.69. The van der Waals surface area contributed by atoms with E-state index in [1.807, 2.05) is 31.2 Å². The monoisotopic (exact) mass is 274 g/mol. The first-order valence-corrected chi connectivity index (χ1v) is 7.76. The van der Waals surface area contributed by atoms with Crippen LogP contribution in [-0.2, 0) is 0 Å². The fraction of sp³-hybridized carbons (Fsp3) is 0.588. The molecule has 0 unspecified atom stereocenters. The Bertz CT molecular complexity index is 438. The average Bonchev–Trinajstić information content (AvgIpc) is 2.48. The molecule has 1 fully saturated rings. The largest absolute Gasteiger partial charge is 0.317 e. The van der Waals surface area contributed by atoms with Gasteiger partial charge in [0.1, 0.15) is 0 Å². The fourth-order valence-corrected chi connectivity index (χ4v) is 3.01. The van der Waals surface area contributed by atoms with E-state index >= 15 is 0 Å². The molecule has 1 saturated heterocycles. The molecule has 0 atom stereocenters. The van der Waals surface area contributed by atoms with Crippen molar-refractivity contribution in [2.24, 2.45) is 0 Å². The molecule has 1 N–H and O–H groups in total. The summed E-state index contributed by atoms with van der Waals surface area (Å²) in [5, 5.41) is 3.39. The normalized spacial score (nSPS) is 16.6. The molecule has 1 aliphatic heterocycles. The predicted molar refractivity (Wildman–Crippen MR) is 83.3 cm³/mol. The minimum Gasteiger partial charge on any atom is -0.317 e. The Labute approximate surface area is 122 Å². The quantitative estimate of drug-likeness (QED) is 0.809. The van der Waals surface area contributed by atoms with Crippen LogP contribution in [0.2, 0.25) is 0 Å². The third kappa shape index (κ3) is 3.90. The predicted octanol–water partition coefficient (Wildman–Crippen LogP) is 2.64. The summed E-state index contributed by atoms with van der Waals surface area (Å²) in [4.78, 5) is 14.9. The number of benzene rings is 1. The molecular weight excluding hydrogens is 248 g/mol. The van der Waals surface area contributed by atoms with Gasteiger partial charge in [0.2, 0.25) is 0 Å². The molecule has 20 heavy (non-hydrogen) atoms. The highest BCUT2D eigenvalue weighted by molar-refractivity contribution is 5.98. The highest BCUT2D eigenvalue weighted by Crippen LogP contribution is 2.15. The third-order valence-electron chi connectivity index (χ3n) is 4.13. The van der Waals surface area contributed by atoms with Crippen LogP contribution in [0.15, 0.2) is 24.3 Å². The Hall–Kier alpha value is -1.19. The standard InChI is InChI=1S/C17H26N2O/c1-3-12-19(15-8-10-18-11-9-15)13-17(20)16-7-5-4-6-14(16)2/h4-7,15,18H,3,8-13H2,1-2H3. The van der Waals surface area contributed by atoms with E-state index in [-0.39, 0.29) is 5.78 Å². The van der Waals surface area contributed by atoms with Crippen molar-refractivity contribution in [3.05, 3.63) is 35.4 Å². The highest BCUT2D eigenvalue weighted by atomic mass is 16.1. The summed E-state index contributed by atoms with van der Waals surface area (Å²) < 4.78 is 0. The second-order valence-corrected chi connectivity index (χ2v) is 5.69. The van der Waals surface area contributed by atoms with Crippen molar-refractivity contribution < 1.29 is 4.79 Å². The van der Waals surface area contributed by atoms with Gasteiger partial charge in [-0.05, 0) is 51.4 Å². The van der Waals surface area contributed by atoms with Crippen LogP contribution < -0.4 is 5.32 Å². The molecule has 1 aliphatic rings. The first kappa shape index (κ1) is 15.2. The topological polar surface area (TPSA) is 32.3 Å². The first-order valence-electron chi connectivity index (χ1n) is 7.76. The molecule has 2 rings (SSSR count). The number of carbonyl (C=O) groups excluding carboxylic acids is 1. The molecule has 0 bridgehead atoms. The average molecular weight is 274 g/mol. The summed E-state index contributed by atoms with van der Waals surface area (Å²) in [5.41, 5.74) is 1.96. The van der Waals surface area contributed by atoms with Crippen LogP contribution >= 0.6 is 0 Å². The van der Waals surface area contributed by atoms with Crippen molar-refractivity contribution in [1.82, 2.24) is 10.2 Å². The number of aryl methyl sites for hydroxylation is 1. The van der Waals surface area contributed by atoms with Crippen LogP contribution in [0.3, 0.4) is 0 Å². The zero-order chi connectivity index (χ0) is 14.4. The lowest BCUT2D eigenvalue weighted by Crippen LogP contribution is -2.45. The van der Waals surface area contributed by atoms with Crippen molar-refractivity contribution in [2.45, 2.75) is 39.2 Å². The van der Waals surface area contributed by atoms with E-state index < -0.39 is 0 Å². The molecule has 0 amide bonds. The molecular formula is C17H26N2O. The van der Waals surface area contributed by atoms with Gasteiger partial charge < -0.3 is 5.32 Å². The molecule has 0 spiro atoms. The molecule has 110 valence electrons. The maximum atomic E-state index is 12.5. The Morgan fingerprint density at radius 3 is 2.65 bits per heavy atom. The zero-order valence-corrected chi connectivity index (χ0v) is 12.7. The molecule has 3 heteroatoms. The number of Topliss-reactive ketones (excluding diaryl/α,β-unsaturated/α-hetero) is 1. The summed E-state index contributed by atoms with van der Waals surface area (Å²) >= 11 is 0. The van der Waals surface area contributed by atoms with Gasteiger partial charge in [-0.15, -0.1) is 0 Å². The summed E-state index contributed by atoms with van der Waals surface area (Å²) in [6, 6.07) is 8.47. The van der Waals surface area contributed by atoms with E-state index in [4.69, 9.17) is 0 Å². The number of piperidine rings is 1. The Morgan fingerprint density at radius 2 is 2.00 bits per heavy atom. The van der Waals surface area contributed by atoms with Gasteiger partial charge in [-0.2, -0.15) is 0 Å². The van der Waals surface area contributed by atoms with Gasteiger partial charge >= 0.3 is 0 Å². The number of carbonyl (C=O) groups is 1. The van der Waals surface area contributed by atoms with E-state index in [1.54, 1.807) is 0 Å². The van der Waals surface area contributed by atoms with E-state index in [2.05, 4.69) is 17.1 Å². The SMILES string of the molecule is CCCN(CC(=O)c1ccccc1C)C1CCNCC1. The van der Waals surface area contributed by atoms with Gasteiger partial charge in [0.25, 0.3) is 0 Å². The Balaban J connectivity index is 2.03. The molecule has 3 nitrogen and oxygen atoms in total. The first-order chi connectivity index (χ1) is 9.72. The molecule has 1 aromatic rings. The van der Waals surface area contributed by atoms with Crippen LogP contribution in [0.4, 0.5) is 0 Å². The number of hydrogen-bond donors (Lipinski definition) is 1. The van der Waals surface area contributed by atoms with Gasteiger partial charge in [0, 0.05) is 11.6 Å². The van der Waals surface area contributed by atoms with Crippen molar-refractivity contribution in [3.63, 3.8) is 0 Å². The van der Waals surface area contributed by atoms with Crippen molar-refractivity contribution in [2.75, 3.05) is 26.2 Å². The van der Waals surface area contributed by atoms with Gasteiger partial charge in [-0.25, -0.2) is 0 Å². The van der Waals surface area contributed by atoms with E-state index in [0.29, 0.717) is 12.6 Å². The summed E-state index contributed by atoms with van der Waals surface area (Å²) in [7, 11) is 0. The summed E-state index contributed by atoms with van der Waals surface area (Å²) in [6.45, 7) is 7.92. The Morgan fingerprint density at radius 1 is 1.30 bits per heavy atom. The summed E-state index contributed by atoms with van der Waals surface area (Å²) in [6.07, 6.45) is 3.41. The molecule has 1 heterocycles. The van der Waals surface area contributed by atoms with Gasteiger partial charge in [0.05, 0.1) is 6.54 Å². The molecule has 0 aliphatic carbocycles. The van der Waals surface area contributed by atoms with Gasteiger partial charge in [0.15, 0.2) is 5.78 Å². The zero-order valence-electron chi connectivity index (χ0n) is 12.7. The van der Waals surface area contributed by atoms with Crippen molar-refractivity contribution in [3.8, 4) is 0 Å². The number of nitrogens with one attached hydrogen (secondary N) is 1. The van der Waals surface area contributed by atoms with E-state index in [9.17, 15) is 4.79 Å². The lowest BCUT2D eigenvalue weighted by Gasteiger charge is -2.34. The molecule has 0 aromatic heterocycles. The number of rotatable bonds is 6. The van der Waals surface area contributed by atoms with Crippen LogP contribution in [-0.4, -0.2) is 42.9 Å². The van der Waals surface area contributed by atoms with Crippen LogP contribution in [0.1, 0.15) is 42.1 Å². The maximum absolute atomic E-state index is 12.5. The van der Waals surface area contributed by atoms with Crippen molar-refractivity contribution >= 4 is 5.78 Å². The van der Waals surface area contributed by atoms with Crippen LogP contribution in [0.5, 0.6) is 0 Å². The molecule has 0 saturated carbocycles. The van der Waals surface area contributed by atoms with E-state index in [1.165, 1.54) is 0 Å². The number of ketones is 1. The fourth-order valence-electron chi connectivity index (χ4n) is 3.01. The minimum absolute atomic E-state index is 0.259. The molecule has 0 radical (unpaired) electrons. The van der Waals surface area contributed by atoms with Crippen LogP contribution in [0.25, 0.3) is 0 Å². The maximum Gasteiger partial charge on any atom is 0.177 e. The lowest BCUT2D eigenvalue weighted by molar-refractivity contribution is 0.0864.